The Hall–Kier alpha value is -1.62. The molecule has 6 heteroatoms. The Morgan fingerprint density at radius 1 is 1.67 bits per heavy atom. The fourth-order valence-corrected chi connectivity index (χ4v) is 1.37. The van der Waals surface area contributed by atoms with E-state index in [-0.39, 0.29) is 5.88 Å². The maximum atomic E-state index is 11.2. The topological polar surface area (TPSA) is 67.9 Å². The lowest BCUT2D eigenvalue weighted by molar-refractivity contribution is 0.0600. The van der Waals surface area contributed by atoms with Gasteiger partial charge >= 0.3 is 5.97 Å². The van der Waals surface area contributed by atoms with Crippen molar-refractivity contribution in [3.8, 4) is 0 Å². The number of esters is 1. The van der Waals surface area contributed by atoms with E-state index in [1.165, 1.54) is 13.3 Å². The van der Waals surface area contributed by atoms with Crippen LogP contribution in [0.3, 0.4) is 0 Å². The van der Waals surface area contributed by atoms with Gasteiger partial charge in [-0.1, -0.05) is 0 Å². The third kappa shape index (κ3) is 1.78. The van der Waals surface area contributed by atoms with E-state index in [2.05, 4.69) is 19.7 Å². The molecule has 0 atom stereocenters. The molecule has 1 N–H and O–H groups in total. The number of nitrogens with zero attached hydrogens (tertiary/aromatic N) is 2. The van der Waals surface area contributed by atoms with Gasteiger partial charge < -0.3 is 9.72 Å². The van der Waals surface area contributed by atoms with Crippen LogP contribution in [0.5, 0.6) is 0 Å². The third-order valence-corrected chi connectivity index (χ3v) is 2.19. The number of rotatable bonds is 2. The van der Waals surface area contributed by atoms with Crippen LogP contribution in [0.2, 0.25) is 0 Å². The number of alkyl halides is 1. The summed E-state index contributed by atoms with van der Waals surface area (Å²) in [5.41, 5.74) is 1.60. The van der Waals surface area contributed by atoms with E-state index in [9.17, 15) is 4.79 Å². The predicted molar refractivity (Wildman–Crippen MR) is 54.8 cm³/mol. The van der Waals surface area contributed by atoms with Gasteiger partial charge in [0.15, 0.2) is 5.65 Å². The highest BCUT2D eigenvalue weighted by Crippen LogP contribution is 2.12. The highest BCUT2D eigenvalue weighted by Gasteiger charge is 2.09. The Labute approximate surface area is 90.4 Å². The largest absolute Gasteiger partial charge is 0.465 e. The van der Waals surface area contributed by atoms with Crippen LogP contribution < -0.4 is 0 Å². The molecule has 2 aromatic rings. The van der Waals surface area contributed by atoms with E-state index < -0.39 is 5.97 Å². The van der Waals surface area contributed by atoms with E-state index in [1.807, 2.05) is 0 Å². The molecule has 0 saturated heterocycles. The summed E-state index contributed by atoms with van der Waals surface area (Å²) in [4.78, 5) is 22.3. The number of hydrogen-bond donors (Lipinski definition) is 1. The van der Waals surface area contributed by atoms with Gasteiger partial charge in [-0.3, -0.25) is 0 Å². The summed E-state index contributed by atoms with van der Waals surface area (Å²) in [7, 11) is 1.32. The minimum absolute atomic E-state index is 0.282. The van der Waals surface area contributed by atoms with Crippen LogP contribution in [-0.4, -0.2) is 28.0 Å². The van der Waals surface area contributed by atoms with E-state index in [1.54, 1.807) is 6.07 Å². The minimum Gasteiger partial charge on any atom is -0.465 e. The maximum absolute atomic E-state index is 11.2. The van der Waals surface area contributed by atoms with Crippen molar-refractivity contribution in [2.75, 3.05) is 7.11 Å². The van der Waals surface area contributed by atoms with E-state index in [4.69, 9.17) is 11.6 Å². The van der Waals surface area contributed by atoms with Crippen molar-refractivity contribution in [1.82, 2.24) is 15.0 Å². The van der Waals surface area contributed by atoms with Gasteiger partial charge in [0, 0.05) is 6.20 Å². The van der Waals surface area contributed by atoms with Crippen molar-refractivity contribution in [3.05, 3.63) is 23.7 Å². The van der Waals surface area contributed by atoms with Crippen LogP contribution in [0.4, 0.5) is 0 Å². The molecule has 0 aromatic carbocycles. The Balaban J connectivity index is 2.50. The number of aromatic amines is 1. The summed E-state index contributed by atoms with van der Waals surface area (Å²) < 4.78 is 4.58. The smallest absolute Gasteiger partial charge is 0.339 e. The monoisotopic (exact) mass is 225 g/mol. The standard InChI is InChI=1S/C9H8ClN3O2/c1-15-9(14)5-2-6-8(11-4-5)13-7(3-10)12-6/h2,4H,3H2,1H3,(H,11,12,13). The zero-order valence-electron chi connectivity index (χ0n) is 7.95. The number of aromatic nitrogens is 3. The van der Waals surface area contributed by atoms with Crippen LogP contribution in [0, 0.1) is 0 Å². The molecule has 0 unspecified atom stereocenters. The summed E-state index contributed by atoms with van der Waals surface area (Å²) in [6.45, 7) is 0. The lowest BCUT2D eigenvalue weighted by Crippen LogP contribution is -2.01. The fraction of sp³-hybridized carbons (Fsp3) is 0.222. The van der Waals surface area contributed by atoms with Gasteiger partial charge in [-0.15, -0.1) is 11.6 Å². The summed E-state index contributed by atoms with van der Waals surface area (Å²) in [6.07, 6.45) is 1.42. The second-order valence-corrected chi connectivity index (χ2v) is 3.17. The molecule has 0 spiro atoms. The summed E-state index contributed by atoms with van der Waals surface area (Å²) in [5.74, 6) is 0.483. The number of halogens is 1. The number of carbonyl (C=O) groups excluding carboxylic acids is 1. The first kappa shape index (κ1) is 9.92. The molecular weight excluding hydrogens is 218 g/mol. The first-order chi connectivity index (χ1) is 7.24. The van der Waals surface area contributed by atoms with Crippen molar-refractivity contribution in [2.24, 2.45) is 0 Å². The molecule has 0 fully saturated rings. The fourth-order valence-electron chi connectivity index (χ4n) is 1.24. The van der Waals surface area contributed by atoms with Crippen molar-refractivity contribution in [1.29, 1.82) is 0 Å². The van der Waals surface area contributed by atoms with Crippen LogP contribution in [0.1, 0.15) is 16.2 Å². The van der Waals surface area contributed by atoms with Gasteiger partial charge in [0.2, 0.25) is 0 Å². The van der Waals surface area contributed by atoms with E-state index >= 15 is 0 Å². The molecule has 78 valence electrons. The number of methoxy groups -OCH3 is 1. The summed E-state index contributed by atoms with van der Waals surface area (Å²) in [5, 5.41) is 0. The normalized spacial score (nSPS) is 10.5. The number of imidazole rings is 1. The van der Waals surface area contributed by atoms with Crippen molar-refractivity contribution in [3.63, 3.8) is 0 Å². The van der Waals surface area contributed by atoms with Crippen LogP contribution >= 0.6 is 11.6 Å². The van der Waals surface area contributed by atoms with Gasteiger partial charge in [0.25, 0.3) is 0 Å². The first-order valence-electron chi connectivity index (χ1n) is 4.23. The van der Waals surface area contributed by atoms with Gasteiger partial charge in [-0.05, 0) is 6.07 Å². The van der Waals surface area contributed by atoms with Gasteiger partial charge in [-0.2, -0.15) is 0 Å². The number of carbonyl (C=O) groups is 1. The second kappa shape index (κ2) is 3.86. The number of nitrogens with one attached hydrogen (secondary N) is 1. The quantitative estimate of drug-likeness (QED) is 0.621. The van der Waals surface area contributed by atoms with Gasteiger partial charge in [-0.25, -0.2) is 14.8 Å². The van der Waals surface area contributed by atoms with Crippen molar-refractivity contribution in [2.45, 2.75) is 5.88 Å². The Morgan fingerprint density at radius 2 is 2.47 bits per heavy atom. The number of fused-ring (bicyclic) bond motifs is 1. The highest BCUT2D eigenvalue weighted by molar-refractivity contribution is 6.16. The van der Waals surface area contributed by atoms with Crippen LogP contribution in [-0.2, 0) is 10.6 Å². The van der Waals surface area contributed by atoms with E-state index in [0.717, 1.165) is 0 Å². The van der Waals surface area contributed by atoms with Crippen LogP contribution in [0.15, 0.2) is 12.3 Å². The lowest BCUT2D eigenvalue weighted by Gasteiger charge is -1.96. The van der Waals surface area contributed by atoms with Crippen molar-refractivity contribution < 1.29 is 9.53 Å². The molecule has 0 aliphatic heterocycles. The molecular formula is C9H8ClN3O2. The molecule has 0 aliphatic carbocycles. The molecule has 2 rings (SSSR count). The highest BCUT2D eigenvalue weighted by atomic mass is 35.5. The number of ether oxygens (including phenoxy) is 1. The molecule has 5 nitrogen and oxygen atoms in total. The number of hydrogen-bond acceptors (Lipinski definition) is 4. The second-order valence-electron chi connectivity index (χ2n) is 2.90. The Bertz CT molecular complexity index is 509. The van der Waals surface area contributed by atoms with Crippen molar-refractivity contribution >= 4 is 28.7 Å². The summed E-state index contributed by atoms with van der Waals surface area (Å²) in [6, 6.07) is 1.64. The lowest BCUT2D eigenvalue weighted by atomic mass is 10.3. The minimum atomic E-state index is -0.425. The molecule has 15 heavy (non-hydrogen) atoms. The third-order valence-electron chi connectivity index (χ3n) is 1.93. The van der Waals surface area contributed by atoms with Crippen LogP contribution in [0.25, 0.3) is 11.2 Å². The predicted octanol–water partition coefficient (Wildman–Crippen LogP) is 1.48. The average molecular weight is 226 g/mol. The average Bonchev–Trinajstić information content (AvgIpc) is 2.69. The molecule has 0 saturated carbocycles. The zero-order chi connectivity index (χ0) is 10.8. The number of H-pyrrole nitrogens is 1. The first-order valence-corrected chi connectivity index (χ1v) is 4.77. The molecule has 0 radical (unpaired) electrons. The molecule has 2 heterocycles. The van der Waals surface area contributed by atoms with E-state index in [0.29, 0.717) is 22.6 Å². The maximum Gasteiger partial charge on any atom is 0.339 e. The SMILES string of the molecule is COC(=O)c1cnc2nc(CCl)[nH]c2c1. The van der Waals surface area contributed by atoms with Gasteiger partial charge in [0.05, 0.1) is 24.1 Å². The number of pyridine rings is 1. The Morgan fingerprint density at radius 3 is 3.13 bits per heavy atom. The molecule has 0 bridgehead atoms. The zero-order valence-corrected chi connectivity index (χ0v) is 8.71. The molecule has 0 aliphatic rings. The molecule has 2 aromatic heterocycles. The molecule has 0 amide bonds. The van der Waals surface area contributed by atoms with Gasteiger partial charge in [0.1, 0.15) is 5.82 Å². The Kier molecular flexibility index (Phi) is 2.55. The summed E-state index contributed by atoms with van der Waals surface area (Å²) >= 11 is 5.61.